The van der Waals surface area contributed by atoms with Crippen LogP contribution in [0.5, 0.6) is 0 Å². The number of carbonyl (C=O) groups excluding carboxylic acids is 2. The summed E-state index contributed by atoms with van der Waals surface area (Å²) in [6, 6.07) is 0. The maximum atomic E-state index is 12.4. The zero-order valence-corrected chi connectivity index (χ0v) is 34.3. The van der Waals surface area contributed by atoms with Crippen LogP contribution in [0.1, 0.15) is 233 Å². The van der Waals surface area contributed by atoms with Gasteiger partial charge in [-0.1, -0.05) is 228 Å². The van der Waals surface area contributed by atoms with E-state index in [0.29, 0.717) is 13.2 Å². The molecule has 0 aliphatic heterocycles. The molecule has 286 valence electrons. The lowest BCUT2D eigenvalue weighted by Gasteiger charge is -2.14. The van der Waals surface area contributed by atoms with E-state index in [4.69, 9.17) is 9.47 Å². The van der Waals surface area contributed by atoms with Crippen LogP contribution in [-0.4, -0.2) is 35.7 Å². The monoisotopic (exact) mass is 715 g/mol. The molecule has 0 heterocycles. The predicted octanol–water partition coefficient (Wildman–Crippen LogP) is 14.8. The van der Waals surface area contributed by atoms with Crippen molar-refractivity contribution in [2.75, 3.05) is 13.2 Å². The van der Waals surface area contributed by atoms with Crippen molar-refractivity contribution < 1.29 is 19.1 Å². The fourth-order valence-electron chi connectivity index (χ4n) is 6.13. The van der Waals surface area contributed by atoms with Crippen LogP contribution in [0.15, 0.2) is 0 Å². The molecular weight excluding hydrogens is 633 g/mol. The molecule has 0 aromatic carbocycles. The van der Waals surface area contributed by atoms with Crippen LogP contribution in [0.2, 0.25) is 0 Å². The second kappa shape index (κ2) is 39.4. The molecule has 0 radical (unpaired) electrons. The Morgan fingerprint density at radius 2 is 0.542 bits per heavy atom. The Bertz CT molecular complexity index is 618. The van der Waals surface area contributed by atoms with E-state index in [9.17, 15) is 9.59 Å². The van der Waals surface area contributed by atoms with Crippen molar-refractivity contribution in [3.8, 4) is 0 Å². The zero-order valence-electron chi connectivity index (χ0n) is 32.6. The fourth-order valence-corrected chi connectivity index (χ4v) is 8.22. The molecule has 4 nitrogen and oxygen atoms in total. The first-order valence-electron chi connectivity index (χ1n) is 21.2. The number of esters is 2. The van der Waals surface area contributed by atoms with Gasteiger partial charge in [-0.3, -0.25) is 9.59 Å². The van der Waals surface area contributed by atoms with Gasteiger partial charge in [0.05, 0.1) is 13.2 Å². The van der Waals surface area contributed by atoms with Crippen LogP contribution in [-0.2, 0) is 19.1 Å². The van der Waals surface area contributed by atoms with Gasteiger partial charge in [0.25, 0.3) is 0 Å². The maximum Gasteiger partial charge on any atom is 0.319 e. The van der Waals surface area contributed by atoms with Crippen LogP contribution >= 0.6 is 21.6 Å². The fraction of sp³-hybridized carbons (Fsp3) is 0.952. The minimum Gasteiger partial charge on any atom is -0.465 e. The predicted molar refractivity (Wildman–Crippen MR) is 215 cm³/mol. The molecule has 0 fully saturated rings. The Morgan fingerprint density at radius 1 is 0.354 bits per heavy atom. The molecule has 6 heteroatoms. The normalized spacial score (nSPS) is 12.7. The highest BCUT2D eigenvalue weighted by atomic mass is 33.1. The summed E-state index contributed by atoms with van der Waals surface area (Å²) in [5.74, 6) is -0.357. The quantitative estimate of drug-likeness (QED) is 0.0359. The summed E-state index contributed by atoms with van der Waals surface area (Å²) < 4.78 is 11.0. The van der Waals surface area contributed by atoms with Gasteiger partial charge in [0.1, 0.15) is 10.5 Å². The molecule has 0 aromatic heterocycles. The average molecular weight is 715 g/mol. The van der Waals surface area contributed by atoms with Crippen molar-refractivity contribution in [3.05, 3.63) is 0 Å². The van der Waals surface area contributed by atoms with E-state index in [1.807, 2.05) is 13.8 Å². The summed E-state index contributed by atoms with van der Waals surface area (Å²) in [5.41, 5.74) is 0. The highest BCUT2D eigenvalue weighted by Crippen LogP contribution is 2.32. The third-order valence-electron chi connectivity index (χ3n) is 9.49. The molecular formula is C42H82O4S2. The number of hydrogen-bond donors (Lipinski definition) is 0. The van der Waals surface area contributed by atoms with Crippen LogP contribution in [0.3, 0.4) is 0 Å². The van der Waals surface area contributed by atoms with Gasteiger partial charge in [-0.25, -0.2) is 0 Å². The third-order valence-corrected chi connectivity index (χ3v) is 12.6. The highest BCUT2D eigenvalue weighted by molar-refractivity contribution is 8.77. The molecule has 0 rings (SSSR count). The maximum absolute atomic E-state index is 12.4. The van der Waals surface area contributed by atoms with E-state index in [1.54, 1.807) is 0 Å². The number of ether oxygens (including phenoxy) is 2. The van der Waals surface area contributed by atoms with Crippen molar-refractivity contribution in [1.82, 2.24) is 0 Å². The lowest BCUT2D eigenvalue weighted by Crippen LogP contribution is -2.20. The van der Waals surface area contributed by atoms with Crippen LogP contribution in [0.25, 0.3) is 0 Å². The lowest BCUT2D eigenvalue weighted by atomic mass is 10.0. The summed E-state index contributed by atoms with van der Waals surface area (Å²) in [6.45, 7) is 9.30. The van der Waals surface area contributed by atoms with Gasteiger partial charge < -0.3 is 9.47 Å². The van der Waals surface area contributed by atoms with E-state index in [2.05, 4.69) is 13.8 Å². The van der Waals surface area contributed by atoms with E-state index < -0.39 is 0 Å². The summed E-state index contributed by atoms with van der Waals surface area (Å²) in [6.07, 6.45) is 42.8. The van der Waals surface area contributed by atoms with Gasteiger partial charge in [-0.15, -0.1) is 0 Å². The minimum absolute atomic E-state index is 0.179. The van der Waals surface area contributed by atoms with Crippen molar-refractivity contribution in [2.24, 2.45) is 0 Å². The van der Waals surface area contributed by atoms with Gasteiger partial charge in [0.2, 0.25) is 0 Å². The van der Waals surface area contributed by atoms with E-state index in [-0.39, 0.29) is 22.4 Å². The molecule has 48 heavy (non-hydrogen) atoms. The van der Waals surface area contributed by atoms with E-state index >= 15 is 0 Å². The standard InChI is InChI=1S/C42H82O4S2/c1-5-7-9-11-13-15-17-19-21-23-25-27-29-31-33-35-37-45-41(43)39(3)47-48-40(4)42(44)46-38-36-34-32-30-28-26-24-22-20-18-16-14-12-10-8-6-2/h39-40H,5-38H2,1-4H3. The molecule has 0 saturated heterocycles. The molecule has 2 atom stereocenters. The van der Waals surface area contributed by atoms with Crippen molar-refractivity contribution in [1.29, 1.82) is 0 Å². The van der Waals surface area contributed by atoms with Gasteiger partial charge in [-0.2, -0.15) is 0 Å². The second-order valence-electron chi connectivity index (χ2n) is 14.4. The highest BCUT2D eigenvalue weighted by Gasteiger charge is 2.21. The van der Waals surface area contributed by atoms with Crippen LogP contribution < -0.4 is 0 Å². The molecule has 2 unspecified atom stereocenters. The van der Waals surface area contributed by atoms with Crippen LogP contribution in [0, 0.1) is 0 Å². The van der Waals surface area contributed by atoms with Gasteiger partial charge in [0.15, 0.2) is 0 Å². The largest absolute Gasteiger partial charge is 0.465 e. The topological polar surface area (TPSA) is 52.6 Å². The summed E-state index contributed by atoms with van der Waals surface area (Å²) >= 11 is 0. The zero-order chi connectivity index (χ0) is 35.2. The second-order valence-corrected chi connectivity index (χ2v) is 17.4. The first-order valence-corrected chi connectivity index (χ1v) is 23.5. The van der Waals surface area contributed by atoms with Crippen molar-refractivity contribution in [2.45, 2.75) is 244 Å². The molecule has 0 aromatic rings. The molecule has 0 aliphatic carbocycles. The van der Waals surface area contributed by atoms with E-state index in [0.717, 1.165) is 25.7 Å². The van der Waals surface area contributed by atoms with Crippen LogP contribution in [0.4, 0.5) is 0 Å². The molecule has 0 saturated carbocycles. The first-order chi connectivity index (χ1) is 23.5. The van der Waals surface area contributed by atoms with Gasteiger partial charge >= 0.3 is 11.9 Å². The van der Waals surface area contributed by atoms with Crippen molar-refractivity contribution in [3.63, 3.8) is 0 Å². The number of carbonyl (C=O) groups is 2. The van der Waals surface area contributed by atoms with Crippen molar-refractivity contribution >= 4 is 33.5 Å². The first kappa shape index (κ1) is 47.6. The average Bonchev–Trinajstić information content (AvgIpc) is 3.09. The number of hydrogen-bond acceptors (Lipinski definition) is 6. The Morgan fingerprint density at radius 3 is 0.750 bits per heavy atom. The Hall–Kier alpha value is -0.360. The minimum atomic E-state index is -0.286. The number of unbranched alkanes of at least 4 members (excludes halogenated alkanes) is 30. The molecule has 0 spiro atoms. The summed E-state index contributed by atoms with van der Waals surface area (Å²) in [4.78, 5) is 24.7. The molecule has 0 amide bonds. The van der Waals surface area contributed by atoms with Gasteiger partial charge in [-0.05, 0) is 26.7 Å². The van der Waals surface area contributed by atoms with Gasteiger partial charge in [0, 0.05) is 0 Å². The third kappa shape index (κ3) is 35.5. The SMILES string of the molecule is CCCCCCCCCCCCCCCCCCOC(=O)C(C)SSC(C)C(=O)OCCCCCCCCCCCCCCCCCC. The Balaban J connectivity index is 3.48. The van der Waals surface area contributed by atoms with E-state index in [1.165, 1.54) is 201 Å². The summed E-state index contributed by atoms with van der Waals surface area (Å²) in [5, 5.41) is -0.571. The molecule has 0 aliphatic rings. The Labute approximate surface area is 308 Å². The lowest BCUT2D eigenvalue weighted by molar-refractivity contribution is -0.143. The Kier molecular flexibility index (Phi) is 39.1. The molecule has 0 bridgehead atoms. The summed E-state index contributed by atoms with van der Waals surface area (Å²) in [7, 11) is 2.83. The smallest absolute Gasteiger partial charge is 0.319 e. The molecule has 0 N–H and O–H groups in total. The number of rotatable bonds is 39.